The van der Waals surface area contributed by atoms with Gasteiger partial charge >= 0.3 is 0 Å². The molecular weight excluding hydrogens is 170 g/mol. The second-order valence-corrected chi connectivity index (χ2v) is 4.71. The smallest absolute Gasteiger partial charge is 0.00190 e. The molecule has 1 heteroatoms. The van der Waals surface area contributed by atoms with E-state index in [1.807, 2.05) is 0 Å². The van der Waals surface area contributed by atoms with E-state index in [-0.39, 0.29) is 0 Å². The summed E-state index contributed by atoms with van der Waals surface area (Å²) in [6, 6.07) is 0. The minimum atomic E-state index is 0.909. The number of hydrogen-bond acceptors (Lipinski definition) is 1. The van der Waals surface area contributed by atoms with Gasteiger partial charge in [-0.15, -0.1) is 6.58 Å². The van der Waals surface area contributed by atoms with Gasteiger partial charge in [0.1, 0.15) is 0 Å². The first-order valence-electron chi connectivity index (χ1n) is 6.07. The van der Waals surface area contributed by atoms with Crippen molar-refractivity contribution in [3.05, 3.63) is 12.7 Å². The molecular formula is C13H25N. The molecule has 1 saturated heterocycles. The van der Waals surface area contributed by atoms with E-state index in [4.69, 9.17) is 0 Å². The first kappa shape index (κ1) is 11.8. The minimum absolute atomic E-state index is 0.909. The molecule has 0 bridgehead atoms. The van der Waals surface area contributed by atoms with Gasteiger partial charge in [0.15, 0.2) is 0 Å². The van der Waals surface area contributed by atoms with E-state index in [1.54, 1.807) is 0 Å². The number of piperidine rings is 1. The number of allylic oxidation sites excluding steroid dienone is 1. The monoisotopic (exact) mass is 195 g/mol. The van der Waals surface area contributed by atoms with Gasteiger partial charge in [-0.05, 0) is 51.2 Å². The fourth-order valence-electron chi connectivity index (χ4n) is 2.63. The normalized spacial score (nSPS) is 22.1. The van der Waals surface area contributed by atoms with Crippen LogP contribution in [0.2, 0.25) is 0 Å². The molecule has 1 aliphatic rings. The molecule has 1 rings (SSSR count). The molecule has 0 aliphatic carbocycles. The van der Waals surface area contributed by atoms with E-state index in [9.17, 15) is 0 Å². The SMILES string of the molecule is C=CCC(CCC)C1CCN(C)CC1. The predicted molar refractivity (Wildman–Crippen MR) is 63.4 cm³/mol. The molecule has 0 spiro atoms. The molecule has 1 fully saturated rings. The molecule has 0 N–H and O–H groups in total. The lowest BCUT2D eigenvalue weighted by molar-refractivity contribution is 0.165. The van der Waals surface area contributed by atoms with Crippen LogP contribution in [-0.4, -0.2) is 25.0 Å². The Morgan fingerprint density at radius 2 is 2.07 bits per heavy atom. The van der Waals surface area contributed by atoms with Crippen molar-refractivity contribution in [3.63, 3.8) is 0 Å². The standard InChI is InChI=1S/C13H25N/c1-4-6-12(7-5-2)13-8-10-14(3)11-9-13/h4,12-13H,1,5-11H2,2-3H3. The van der Waals surface area contributed by atoms with Crippen molar-refractivity contribution in [2.45, 2.75) is 39.0 Å². The van der Waals surface area contributed by atoms with E-state index in [0.29, 0.717) is 0 Å². The molecule has 0 amide bonds. The zero-order chi connectivity index (χ0) is 10.4. The van der Waals surface area contributed by atoms with Gasteiger partial charge in [-0.25, -0.2) is 0 Å². The van der Waals surface area contributed by atoms with Crippen LogP contribution in [0.25, 0.3) is 0 Å². The lowest BCUT2D eigenvalue weighted by atomic mass is 9.80. The topological polar surface area (TPSA) is 3.24 Å². The quantitative estimate of drug-likeness (QED) is 0.608. The average molecular weight is 195 g/mol. The molecule has 1 unspecified atom stereocenters. The van der Waals surface area contributed by atoms with Crippen LogP contribution in [0.15, 0.2) is 12.7 Å². The van der Waals surface area contributed by atoms with Crippen molar-refractivity contribution in [3.8, 4) is 0 Å². The highest BCUT2D eigenvalue weighted by Gasteiger charge is 2.23. The van der Waals surface area contributed by atoms with E-state index >= 15 is 0 Å². The van der Waals surface area contributed by atoms with Crippen LogP contribution in [0, 0.1) is 11.8 Å². The first-order valence-corrected chi connectivity index (χ1v) is 6.07. The maximum absolute atomic E-state index is 3.88. The second-order valence-electron chi connectivity index (χ2n) is 4.71. The Morgan fingerprint density at radius 1 is 1.43 bits per heavy atom. The maximum Gasteiger partial charge on any atom is -0.00190 e. The Kier molecular flexibility index (Phi) is 5.24. The predicted octanol–water partition coefficient (Wildman–Crippen LogP) is 3.32. The van der Waals surface area contributed by atoms with Gasteiger partial charge < -0.3 is 4.90 Å². The van der Waals surface area contributed by atoms with Crippen LogP contribution in [-0.2, 0) is 0 Å². The third-order valence-electron chi connectivity index (χ3n) is 3.56. The molecule has 82 valence electrons. The molecule has 0 aromatic rings. The highest BCUT2D eigenvalue weighted by molar-refractivity contribution is 4.81. The van der Waals surface area contributed by atoms with Gasteiger partial charge in [-0.1, -0.05) is 25.8 Å². The van der Waals surface area contributed by atoms with Crippen LogP contribution < -0.4 is 0 Å². The van der Waals surface area contributed by atoms with Crippen LogP contribution >= 0.6 is 0 Å². The lowest BCUT2D eigenvalue weighted by Crippen LogP contribution is -2.33. The Labute approximate surface area is 89.2 Å². The van der Waals surface area contributed by atoms with Gasteiger partial charge in [0.05, 0.1) is 0 Å². The van der Waals surface area contributed by atoms with Crippen molar-refractivity contribution in [2.75, 3.05) is 20.1 Å². The summed E-state index contributed by atoms with van der Waals surface area (Å²) >= 11 is 0. The van der Waals surface area contributed by atoms with Crippen molar-refractivity contribution in [1.29, 1.82) is 0 Å². The summed E-state index contributed by atoms with van der Waals surface area (Å²) in [5, 5.41) is 0. The molecule has 0 aromatic carbocycles. The summed E-state index contributed by atoms with van der Waals surface area (Å²) in [4.78, 5) is 2.45. The largest absolute Gasteiger partial charge is 0.306 e. The highest BCUT2D eigenvalue weighted by Crippen LogP contribution is 2.30. The first-order chi connectivity index (χ1) is 6.77. The zero-order valence-corrected chi connectivity index (χ0v) is 9.84. The molecule has 1 aliphatic heterocycles. The second kappa shape index (κ2) is 6.23. The third-order valence-corrected chi connectivity index (χ3v) is 3.56. The Bertz CT molecular complexity index is 157. The summed E-state index contributed by atoms with van der Waals surface area (Å²) in [6.45, 7) is 8.77. The average Bonchev–Trinajstić information content (AvgIpc) is 2.19. The van der Waals surface area contributed by atoms with Gasteiger partial charge in [0.25, 0.3) is 0 Å². The van der Waals surface area contributed by atoms with Crippen LogP contribution in [0.3, 0.4) is 0 Å². The van der Waals surface area contributed by atoms with Crippen LogP contribution in [0.5, 0.6) is 0 Å². The van der Waals surface area contributed by atoms with E-state index in [1.165, 1.54) is 45.2 Å². The Hall–Kier alpha value is -0.300. The maximum atomic E-state index is 3.88. The van der Waals surface area contributed by atoms with Gasteiger partial charge in [0.2, 0.25) is 0 Å². The van der Waals surface area contributed by atoms with Crippen molar-refractivity contribution < 1.29 is 0 Å². The van der Waals surface area contributed by atoms with E-state index < -0.39 is 0 Å². The molecule has 0 radical (unpaired) electrons. The fourth-order valence-corrected chi connectivity index (χ4v) is 2.63. The molecule has 1 nitrogen and oxygen atoms in total. The summed E-state index contributed by atoms with van der Waals surface area (Å²) < 4.78 is 0. The number of hydrogen-bond donors (Lipinski definition) is 0. The summed E-state index contributed by atoms with van der Waals surface area (Å²) in [6.07, 6.45) is 8.84. The van der Waals surface area contributed by atoms with Gasteiger partial charge in [-0.3, -0.25) is 0 Å². The third kappa shape index (κ3) is 3.45. The number of rotatable bonds is 5. The fraction of sp³-hybridized carbons (Fsp3) is 0.846. The van der Waals surface area contributed by atoms with Crippen molar-refractivity contribution in [1.82, 2.24) is 4.90 Å². The van der Waals surface area contributed by atoms with Gasteiger partial charge in [-0.2, -0.15) is 0 Å². The molecule has 14 heavy (non-hydrogen) atoms. The lowest BCUT2D eigenvalue weighted by Gasteiger charge is -2.34. The minimum Gasteiger partial charge on any atom is -0.306 e. The summed E-state index contributed by atoms with van der Waals surface area (Å²) in [5.41, 5.74) is 0. The number of nitrogens with zero attached hydrogens (tertiary/aromatic N) is 1. The van der Waals surface area contributed by atoms with Gasteiger partial charge in [0, 0.05) is 0 Å². The van der Waals surface area contributed by atoms with Crippen LogP contribution in [0.1, 0.15) is 39.0 Å². The molecule has 0 aromatic heterocycles. The molecule has 1 heterocycles. The van der Waals surface area contributed by atoms with E-state index in [0.717, 1.165) is 11.8 Å². The molecule has 0 saturated carbocycles. The Balaban J connectivity index is 2.38. The van der Waals surface area contributed by atoms with E-state index in [2.05, 4.69) is 31.5 Å². The Morgan fingerprint density at radius 3 is 2.57 bits per heavy atom. The highest BCUT2D eigenvalue weighted by atomic mass is 15.1. The van der Waals surface area contributed by atoms with Crippen molar-refractivity contribution in [2.24, 2.45) is 11.8 Å². The van der Waals surface area contributed by atoms with Crippen molar-refractivity contribution >= 4 is 0 Å². The number of likely N-dealkylation sites (tertiary alicyclic amines) is 1. The molecule has 1 atom stereocenters. The summed E-state index contributed by atoms with van der Waals surface area (Å²) in [5.74, 6) is 1.87. The zero-order valence-electron chi connectivity index (χ0n) is 9.84. The summed E-state index contributed by atoms with van der Waals surface area (Å²) in [7, 11) is 2.23. The van der Waals surface area contributed by atoms with Crippen LogP contribution in [0.4, 0.5) is 0 Å².